The maximum Gasteiger partial charge on any atom is 0.0721 e. The van der Waals surface area contributed by atoms with E-state index >= 15 is 0 Å². The van der Waals surface area contributed by atoms with Crippen LogP contribution in [0, 0.1) is 0 Å². The van der Waals surface area contributed by atoms with E-state index in [0.29, 0.717) is 12.1 Å². The molecule has 1 N–H and O–H groups in total. The molecule has 1 aromatic carbocycles. The van der Waals surface area contributed by atoms with Gasteiger partial charge in [0.1, 0.15) is 0 Å². The highest BCUT2D eigenvalue weighted by Gasteiger charge is 2.20. The predicted octanol–water partition coefficient (Wildman–Crippen LogP) is 4.12. The number of ether oxygens (including phenoxy) is 1. The van der Waals surface area contributed by atoms with Gasteiger partial charge in [-0.15, -0.1) is 0 Å². The van der Waals surface area contributed by atoms with E-state index in [4.69, 9.17) is 4.74 Å². The minimum absolute atomic E-state index is 0.290. The molecular weight excluding hydrogens is 328 g/mol. The van der Waals surface area contributed by atoms with Crippen LogP contribution in [-0.4, -0.2) is 32.3 Å². The molecule has 0 saturated carbocycles. The van der Waals surface area contributed by atoms with Gasteiger partial charge in [-0.2, -0.15) is 0 Å². The molecule has 0 aromatic heterocycles. The number of hydrogen-bond donors (Lipinski definition) is 1. The van der Waals surface area contributed by atoms with Gasteiger partial charge in [-0.05, 0) is 50.9 Å². The second-order valence-corrected chi connectivity index (χ2v) is 6.78. The van der Waals surface area contributed by atoms with Crippen LogP contribution in [0.2, 0.25) is 0 Å². The van der Waals surface area contributed by atoms with Gasteiger partial charge in [-0.25, -0.2) is 0 Å². The second-order valence-electron chi connectivity index (χ2n) is 5.86. The molecule has 3 nitrogen and oxygen atoms in total. The molecule has 2 atom stereocenters. The van der Waals surface area contributed by atoms with Gasteiger partial charge in [-0.3, -0.25) is 0 Å². The standard InChI is InChI=1S/C17H27BrN2O/c1-4-8-19-14(3)16-7-6-15(18)11-17(16)20-9-5-10-21-13(2)12-20/h6-7,11,13-14,19H,4-5,8-10,12H2,1-3H3. The van der Waals surface area contributed by atoms with Crippen molar-refractivity contribution in [3.63, 3.8) is 0 Å². The smallest absolute Gasteiger partial charge is 0.0721 e. The first-order valence-corrected chi connectivity index (χ1v) is 8.80. The molecule has 2 unspecified atom stereocenters. The third-order valence-electron chi connectivity index (χ3n) is 3.95. The fraction of sp³-hybridized carbons (Fsp3) is 0.647. The van der Waals surface area contributed by atoms with Crippen molar-refractivity contribution in [2.45, 2.75) is 45.8 Å². The molecule has 1 saturated heterocycles. The van der Waals surface area contributed by atoms with Gasteiger partial charge in [0.25, 0.3) is 0 Å². The van der Waals surface area contributed by atoms with Crippen molar-refractivity contribution in [1.29, 1.82) is 0 Å². The zero-order valence-corrected chi connectivity index (χ0v) is 14.9. The van der Waals surface area contributed by atoms with Gasteiger partial charge in [0.15, 0.2) is 0 Å². The molecular formula is C17H27BrN2O. The number of hydrogen-bond acceptors (Lipinski definition) is 3. The van der Waals surface area contributed by atoms with Gasteiger partial charge in [0.2, 0.25) is 0 Å². The highest BCUT2D eigenvalue weighted by Crippen LogP contribution is 2.31. The Morgan fingerprint density at radius 1 is 1.48 bits per heavy atom. The Kier molecular flexibility index (Phi) is 6.52. The quantitative estimate of drug-likeness (QED) is 0.860. The van der Waals surface area contributed by atoms with Crippen LogP contribution in [-0.2, 0) is 4.74 Å². The summed E-state index contributed by atoms with van der Waals surface area (Å²) in [6.45, 7) is 10.6. The summed E-state index contributed by atoms with van der Waals surface area (Å²) in [7, 11) is 0. The number of nitrogens with zero attached hydrogens (tertiary/aromatic N) is 1. The molecule has 2 rings (SSSR count). The van der Waals surface area contributed by atoms with Crippen molar-refractivity contribution in [2.24, 2.45) is 0 Å². The van der Waals surface area contributed by atoms with Crippen molar-refractivity contribution in [3.8, 4) is 0 Å². The monoisotopic (exact) mass is 354 g/mol. The largest absolute Gasteiger partial charge is 0.377 e. The summed E-state index contributed by atoms with van der Waals surface area (Å²) in [5.41, 5.74) is 2.71. The lowest BCUT2D eigenvalue weighted by molar-refractivity contribution is 0.0820. The first-order chi connectivity index (χ1) is 10.1. The van der Waals surface area contributed by atoms with Crippen LogP contribution in [0.15, 0.2) is 22.7 Å². The summed E-state index contributed by atoms with van der Waals surface area (Å²) < 4.78 is 6.92. The van der Waals surface area contributed by atoms with Crippen LogP contribution in [0.5, 0.6) is 0 Å². The minimum Gasteiger partial charge on any atom is -0.377 e. The summed E-state index contributed by atoms with van der Waals surface area (Å²) >= 11 is 3.62. The Morgan fingerprint density at radius 2 is 2.29 bits per heavy atom. The van der Waals surface area contributed by atoms with E-state index in [9.17, 15) is 0 Å². The Balaban J connectivity index is 2.25. The van der Waals surface area contributed by atoms with E-state index in [-0.39, 0.29) is 0 Å². The van der Waals surface area contributed by atoms with Crippen LogP contribution in [0.1, 0.15) is 45.2 Å². The van der Waals surface area contributed by atoms with Crippen LogP contribution in [0.3, 0.4) is 0 Å². The number of rotatable bonds is 5. The molecule has 1 aromatic rings. The normalized spacial score (nSPS) is 21.1. The summed E-state index contributed by atoms with van der Waals surface area (Å²) in [4.78, 5) is 2.47. The van der Waals surface area contributed by atoms with Gasteiger partial charge in [0.05, 0.1) is 6.10 Å². The lowest BCUT2D eigenvalue weighted by Crippen LogP contribution is -2.32. The Bertz CT molecular complexity index is 452. The van der Waals surface area contributed by atoms with E-state index in [1.54, 1.807) is 0 Å². The maximum absolute atomic E-state index is 5.78. The van der Waals surface area contributed by atoms with Gasteiger partial charge in [0, 0.05) is 35.9 Å². The van der Waals surface area contributed by atoms with Gasteiger partial charge in [-0.1, -0.05) is 28.9 Å². The molecule has 1 aliphatic rings. The molecule has 0 radical (unpaired) electrons. The third-order valence-corrected chi connectivity index (χ3v) is 4.45. The van der Waals surface area contributed by atoms with E-state index in [1.165, 1.54) is 11.3 Å². The van der Waals surface area contributed by atoms with Crippen LogP contribution in [0.4, 0.5) is 5.69 Å². The Hall–Kier alpha value is -0.580. The lowest BCUT2D eigenvalue weighted by atomic mass is 10.0. The molecule has 4 heteroatoms. The van der Waals surface area contributed by atoms with Gasteiger partial charge < -0.3 is 15.0 Å². The van der Waals surface area contributed by atoms with Crippen LogP contribution < -0.4 is 10.2 Å². The summed E-state index contributed by atoms with van der Waals surface area (Å²) in [6, 6.07) is 6.99. The second kappa shape index (κ2) is 8.16. The number of halogens is 1. The van der Waals surface area contributed by atoms with Crippen LogP contribution >= 0.6 is 15.9 Å². The number of nitrogens with one attached hydrogen (secondary N) is 1. The van der Waals surface area contributed by atoms with E-state index < -0.39 is 0 Å². The van der Waals surface area contributed by atoms with Crippen LogP contribution in [0.25, 0.3) is 0 Å². The summed E-state index contributed by atoms with van der Waals surface area (Å²) in [5.74, 6) is 0. The van der Waals surface area contributed by atoms with E-state index in [0.717, 1.165) is 43.6 Å². The average Bonchev–Trinajstić information content (AvgIpc) is 2.69. The third kappa shape index (κ3) is 4.70. The molecule has 0 aliphatic carbocycles. The number of anilines is 1. The topological polar surface area (TPSA) is 24.5 Å². The number of benzene rings is 1. The van der Waals surface area contributed by atoms with Crippen molar-refractivity contribution < 1.29 is 4.74 Å². The average molecular weight is 355 g/mol. The Morgan fingerprint density at radius 3 is 3.05 bits per heavy atom. The molecule has 0 bridgehead atoms. The van der Waals surface area contributed by atoms with Crippen molar-refractivity contribution >= 4 is 21.6 Å². The summed E-state index contributed by atoms with van der Waals surface area (Å²) in [6.07, 6.45) is 2.54. The SMILES string of the molecule is CCCNC(C)c1ccc(Br)cc1N1CCCOC(C)C1. The van der Waals surface area contributed by atoms with Crippen molar-refractivity contribution in [3.05, 3.63) is 28.2 Å². The van der Waals surface area contributed by atoms with E-state index in [2.05, 4.69) is 65.1 Å². The van der Waals surface area contributed by atoms with Gasteiger partial charge >= 0.3 is 0 Å². The summed E-state index contributed by atoms with van der Waals surface area (Å²) in [5, 5.41) is 3.60. The van der Waals surface area contributed by atoms with Crippen molar-refractivity contribution in [2.75, 3.05) is 31.1 Å². The highest BCUT2D eigenvalue weighted by atomic mass is 79.9. The maximum atomic E-state index is 5.78. The fourth-order valence-corrected chi connectivity index (χ4v) is 3.19. The zero-order valence-electron chi connectivity index (χ0n) is 13.4. The molecule has 1 heterocycles. The Labute approximate surface area is 137 Å². The van der Waals surface area contributed by atoms with Crippen molar-refractivity contribution in [1.82, 2.24) is 5.32 Å². The first kappa shape index (κ1) is 16.8. The highest BCUT2D eigenvalue weighted by molar-refractivity contribution is 9.10. The molecule has 1 aliphatic heterocycles. The molecule has 1 fully saturated rings. The zero-order chi connectivity index (χ0) is 15.2. The molecule has 0 amide bonds. The van der Waals surface area contributed by atoms with E-state index in [1.807, 2.05) is 0 Å². The molecule has 118 valence electrons. The first-order valence-electron chi connectivity index (χ1n) is 8.01. The molecule has 21 heavy (non-hydrogen) atoms. The fourth-order valence-electron chi connectivity index (χ4n) is 2.84. The predicted molar refractivity (Wildman–Crippen MR) is 93.1 cm³/mol. The lowest BCUT2D eigenvalue weighted by Gasteiger charge is -2.29. The minimum atomic E-state index is 0.290. The molecule has 0 spiro atoms.